The number of rotatable bonds is 4. The Bertz CT molecular complexity index is 1220. The van der Waals surface area contributed by atoms with Gasteiger partial charge in [-0.25, -0.2) is 4.79 Å². The first-order chi connectivity index (χ1) is 14.6. The molecule has 0 fully saturated rings. The van der Waals surface area contributed by atoms with E-state index in [0.29, 0.717) is 32.5 Å². The summed E-state index contributed by atoms with van der Waals surface area (Å²) < 4.78 is 0. The summed E-state index contributed by atoms with van der Waals surface area (Å²) in [6.07, 6.45) is 0. The number of carboxylic acids is 1. The summed E-state index contributed by atoms with van der Waals surface area (Å²) in [7, 11) is 0. The largest absolute Gasteiger partial charge is 0.478 e. The van der Waals surface area contributed by atoms with Gasteiger partial charge in [0.05, 0.1) is 16.9 Å². The number of benzene rings is 3. The number of nitrogens with two attached hydrogens (primary N) is 1. The van der Waals surface area contributed by atoms with Crippen molar-refractivity contribution in [3.8, 4) is 0 Å². The van der Waals surface area contributed by atoms with Gasteiger partial charge in [0.15, 0.2) is 5.66 Å². The van der Waals surface area contributed by atoms with E-state index >= 15 is 0 Å². The molecule has 3 aromatic carbocycles. The lowest BCUT2D eigenvalue weighted by molar-refractivity contribution is 0.0696. The standard InChI is InChI=1S/C23H19Cl2N3O3/c1-11-8-14(21(26)29)9-12(2)19(11)23(20-15(24)4-3-5-16(20)25)27-17-7-6-13(22(30)31)10-18(17)28-23/h3-10,27-28H,1-2H3,(H2,26,29)(H,30,31). The number of nitrogens with one attached hydrogen (secondary N) is 2. The zero-order valence-electron chi connectivity index (χ0n) is 16.7. The van der Waals surface area contributed by atoms with Crippen LogP contribution < -0.4 is 16.4 Å². The van der Waals surface area contributed by atoms with Gasteiger partial charge in [0.1, 0.15) is 0 Å². The molecule has 0 radical (unpaired) electrons. The molecular formula is C23H19Cl2N3O3. The quantitative estimate of drug-likeness (QED) is 0.435. The van der Waals surface area contributed by atoms with Crippen molar-refractivity contribution in [3.05, 3.63) is 92.0 Å². The molecule has 1 unspecified atom stereocenters. The summed E-state index contributed by atoms with van der Waals surface area (Å²) in [5.41, 5.74) is 9.19. The molecule has 1 atom stereocenters. The molecule has 3 aromatic rings. The Morgan fingerprint density at radius 3 is 2.00 bits per heavy atom. The van der Waals surface area contributed by atoms with Gasteiger partial charge in [-0.2, -0.15) is 0 Å². The fourth-order valence-corrected chi connectivity index (χ4v) is 4.93. The number of hydrogen-bond donors (Lipinski definition) is 4. The minimum Gasteiger partial charge on any atom is -0.478 e. The highest BCUT2D eigenvalue weighted by Crippen LogP contribution is 2.49. The van der Waals surface area contributed by atoms with E-state index in [1.54, 1.807) is 42.5 Å². The number of fused-ring (bicyclic) bond motifs is 1. The molecule has 6 nitrogen and oxygen atoms in total. The van der Waals surface area contributed by atoms with Crippen LogP contribution in [0.3, 0.4) is 0 Å². The zero-order chi connectivity index (χ0) is 22.5. The maximum Gasteiger partial charge on any atom is 0.335 e. The smallest absolute Gasteiger partial charge is 0.335 e. The Morgan fingerprint density at radius 1 is 0.871 bits per heavy atom. The van der Waals surface area contributed by atoms with Crippen LogP contribution in [-0.4, -0.2) is 17.0 Å². The van der Waals surface area contributed by atoms with E-state index in [9.17, 15) is 14.7 Å². The molecule has 5 N–H and O–H groups in total. The van der Waals surface area contributed by atoms with Gasteiger partial charge >= 0.3 is 5.97 Å². The Balaban J connectivity index is 2.02. The van der Waals surface area contributed by atoms with E-state index in [1.165, 1.54) is 6.07 Å². The highest BCUT2D eigenvalue weighted by atomic mass is 35.5. The first-order valence-corrected chi connectivity index (χ1v) is 10.2. The number of amides is 1. The van der Waals surface area contributed by atoms with Crippen LogP contribution in [0, 0.1) is 13.8 Å². The first kappa shape index (κ1) is 21.0. The number of primary amides is 1. The number of carbonyl (C=O) groups is 2. The van der Waals surface area contributed by atoms with Gasteiger partial charge < -0.3 is 21.5 Å². The maximum atomic E-state index is 11.8. The van der Waals surface area contributed by atoms with Crippen molar-refractivity contribution < 1.29 is 14.7 Å². The summed E-state index contributed by atoms with van der Waals surface area (Å²) in [5, 5.41) is 17.2. The predicted octanol–water partition coefficient (Wildman–Crippen LogP) is 5.15. The molecule has 0 aliphatic carbocycles. The molecule has 1 heterocycles. The topological polar surface area (TPSA) is 104 Å². The number of anilines is 2. The van der Waals surface area contributed by atoms with Crippen LogP contribution in [0.4, 0.5) is 11.4 Å². The molecular weight excluding hydrogens is 437 g/mol. The molecule has 0 spiro atoms. The van der Waals surface area contributed by atoms with Crippen molar-refractivity contribution in [2.45, 2.75) is 19.5 Å². The van der Waals surface area contributed by atoms with Crippen molar-refractivity contribution in [3.63, 3.8) is 0 Å². The summed E-state index contributed by atoms with van der Waals surface area (Å²) in [4.78, 5) is 23.3. The van der Waals surface area contributed by atoms with Gasteiger partial charge in [-0.3, -0.25) is 4.79 Å². The first-order valence-electron chi connectivity index (χ1n) is 9.44. The molecule has 4 rings (SSSR count). The SMILES string of the molecule is Cc1cc(C(N)=O)cc(C)c1C1(c2c(Cl)cccc2Cl)Nc2ccc(C(=O)O)cc2N1. The number of halogens is 2. The molecule has 1 aliphatic rings. The molecule has 0 bridgehead atoms. The van der Waals surface area contributed by atoms with Crippen molar-refractivity contribution in [1.82, 2.24) is 0 Å². The molecule has 31 heavy (non-hydrogen) atoms. The van der Waals surface area contributed by atoms with Crippen molar-refractivity contribution >= 4 is 46.5 Å². The highest BCUT2D eigenvalue weighted by Gasteiger charge is 2.45. The lowest BCUT2D eigenvalue weighted by Gasteiger charge is -2.36. The normalized spacial score (nSPS) is 16.9. The summed E-state index contributed by atoms with van der Waals surface area (Å²) in [6.45, 7) is 3.74. The maximum absolute atomic E-state index is 11.8. The van der Waals surface area contributed by atoms with E-state index in [0.717, 1.165) is 16.7 Å². The minimum absolute atomic E-state index is 0.145. The van der Waals surface area contributed by atoms with Crippen LogP contribution in [0.2, 0.25) is 10.0 Å². The Kier molecular flexibility index (Phi) is 5.07. The fraction of sp³-hybridized carbons (Fsp3) is 0.130. The van der Waals surface area contributed by atoms with Crippen molar-refractivity contribution in [2.75, 3.05) is 10.6 Å². The van der Waals surface area contributed by atoms with Gasteiger partial charge in [-0.1, -0.05) is 29.3 Å². The average Bonchev–Trinajstić information content (AvgIpc) is 3.05. The zero-order valence-corrected chi connectivity index (χ0v) is 18.2. The predicted molar refractivity (Wildman–Crippen MR) is 122 cm³/mol. The van der Waals surface area contributed by atoms with Crippen LogP contribution in [0.1, 0.15) is 43.0 Å². The third-order valence-electron chi connectivity index (χ3n) is 5.44. The van der Waals surface area contributed by atoms with E-state index < -0.39 is 17.5 Å². The Labute approximate surface area is 189 Å². The molecule has 8 heteroatoms. The third kappa shape index (κ3) is 3.38. The van der Waals surface area contributed by atoms with E-state index in [4.69, 9.17) is 28.9 Å². The van der Waals surface area contributed by atoms with Gasteiger partial charge in [0.25, 0.3) is 0 Å². The van der Waals surface area contributed by atoms with E-state index in [-0.39, 0.29) is 5.56 Å². The summed E-state index contributed by atoms with van der Waals surface area (Å²) >= 11 is 13.3. The van der Waals surface area contributed by atoms with E-state index in [2.05, 4.69) is 10.6 Å². The van der Waals surface area contributed by atoms with Crippen LogP contribution in [0.25, 0.3) is 0 Å². The average molecular weight is 456 g/mol. The second kappa shape index (κ2) is 7.48. The monoisotopic (exact) mass is 455 g/mol. The number of aromatic carboxylic acids is 1. The number of carbonyl (C=O) groups excluding carboxylic acids is 1. The van der Waals surface area contributed by atoms with Crippen LogP contribution in [0.15, 0.2) is 48.5 Å². The highest BCUT2D eigenvalue weighted by molar-refractivity contribution is 6.36. The van der Waals surface area contributed by atoms with Gasteiger partial charge in [-0.15, -0.1) is 0 Å². The Morgan fingerprint density at radius 2 is 1.45 bits per heavy atom. The Hall–Kier alpha value is -3.22. The van der Waals surface area contributed by atoms with Crippen LogP contribution in [-0.2, 0) is 5.66 Å². The molecule has 0 aromatic heterocycles. The summed E-state index contributed by atoms with van der Waals surface area (Å²) in [5.74, 6) is -1.56. The fourth-order valence-electron chi connectivity index (χ4n) is 4.25. The van der Waals surface area contributed by atoms with Crippen molar-refractivity contribution in [1.29, 1.82) is 0 Å². The molecule has 1 aliphatic heterocycles. The van der Waals surface area contributed by atoms with Crippen molar-refractivity contribution in [2.24, 2.45) is 5.73 Å². The number of carboxylic acid groups (broad SMARTS) is 1. The number of aryl methyl sites for hydroxylation is 2. The third-order valence-corrected chi connectivity index (χ3v) is 6.07. The lowest BCUT2D eigenvalue weighted by Crippen LogP contribution is -2.42. The van der Waals surface area contributed by atoms with Gasteiger partial charge in [-0.05, 0) is 67.4 Å². The van der Waals surface area contributed by atoms with Crippen LogP contribution >= 0.6 is 23.2 Å². The second-order valence-corrected chi connectivity index (χ2v) is 8.33. The number of hydrogen-bond acceptors (Lipinski definition) is 4. The minimum atomic E-state index is -1.10. The van der Waals surface area contributed by atoms with Gasteiger partial charge in [0.2, 0.25) is 5.91 Å². The lowest BCUT2D eigenvalue weighted by atomic mass is 9.84. The molecule has 158 valence electrons. The van der Waals surface area contributed by atoms with Crippen LogP contribution in [0.5, 0.6) is 0 Å². The van der Waals surface area contributed by atoms with Gasteiger partial charge in [0, 0.05) is 26.7 Å². The molecule has 1 amide bonds. The second-order valence-electron chi connectivity index (χ2n) is 7.51. The summed E-state index contributed by atoms with van der Waals surface area (Å²) in [6, 6.07) is 13.4. The van der Waals surface area contributed by atoms with E-state index in [1.807, 2.05) is 13.8 Å². The molecule has 0 saturated heterocycles. The molecule has 0 saturated carbocycles.